The van der Waals surface area contributed by atoms with E-state index in [1.54, 1.807) is 0 Å². The summed E-state index contributed by atoms with van der Waals surface area (Å²) in [5.74, 6) is 7.61. The van der Waals surface area contributed by atoms with E-state index in [1.165, 1.54) is 25.7 Å². The van der Waals surface area contributed by atoms with Crippen LogP contribution in [0.25, 0.3) is 0 Å². The largest absolute Gasteiger partial charge is 0.489 e. The van der Waals surface area contributed by atoms with Crippen molar-refractivity contribution in [1.82, 2.24) is 4.98 Å². The molecule has 1 aliphatic heterocycles. The van der Waals surface area contributed by atoms with Crippen molar-refractivity contribution in [3.8, 4) is 23.5 Å². The summed E-state index contributed by atoms with van der Waals surface area (Å²) in [6.07, 6.45) is 6.99. The highest BCUT2D eigenvalue weighted by Crippen LogP contribution is 2.21. The van der Waals surface area contributed by atoms with Gasteiger partial charge in [-0.15, -0.1) is 0 Å². The standard InChI is InChI=1S/C26H33NO4/c1-2-3-4-5-6-7-11-14-23-17-24(30-19-22-12-9-8-10-13-22)18-26(27-23)31-21-25-20-28-15-16-29-25/h8-10,12-13,17-18,25H,2-7,15-16,19-21H2,1H3. The lowest BCUT2D eigenvalue weighted by Crippen LogP contribution is -2.33. The fourth-order valence-corrected chi connectivity index (χ4v) is 3.22. The molecule has 3 rings (SSSR count). The van der Waals surface area contributed by atoms with E-state index in [0.717, 1.165) is 18.4 Å². The van der Waals surface area contributed by atoms with Crippen LogP contribution in [0.2, 0.25) is 0 Å². The normalized spacial score (nSPS) is 15.7. The summed E-state index contributed by atoms with van der Waals surface area (Å²) in [4.78, 5) is 4.55. The Labute approximate surface area is 186 Å². The van der Waals surface area contributed by atoms with Gasteiger partial charge in [0.1, 0.15) is 30.8 Å². The van der Waals surface area contributed by atoms with Gasteiger partial charge >= 0.3 is 0 Å². The van der Waals surface area contributed by atoms with Gasteiger partial charge in [-0.1, -0.05) is 68.9 Å². The first kappa shape index (κ1) is 23.1. The molecular formula is C26H33NO4. The zero-order chi connectivity index (χ0) is 21.6. The molecule has 0 radical (unpaired) electrons. The third-order valence-electron chi connectivity index (χ3n) is 4.95. The van der Waals surface area contributed by atoms with Gasteiger partial charge in [0.15, 0.2) is 0 Å². The van der Waals surface area contributed by atoms with Crippen molar-refractivity contribution in [3.05, 3.63) is 53.7 Å². The lowest BCUT2D eigenvalue weighted by molar-refractivity contribution is -0.102. The average molecular weight is 424 g/mol. The van der Waals surface area contributed by atoms with Gasteiger partial charge in [0.05, 0.1) is 19.8 Å². The highest BCUT2D eigenvalue weighted by molar-refractivity contribution is 5.38. The number of hydrogen-bond acceptors (Lipinski definition) is 5. The van der Waals surface area contributed by atoms with E-state index in [0.29, 0.717) is 50.4 Å². The summed E-state index contributed by atoms with van der Waals surface area (Å²) < 4.78 is 23.0. The lowest BCUT2D eigenvalue weighted by Gasteiger charge is -2.22. The molecule has 1 fully saturated rings. The molecule has 5 heteroatoms. The van der Waals surface area contributed by atoms with Crippen molar-refractivity contribution in [2.45, 2.75) is 58.2 Å². The van der Waals surface area contributed by atoms with E-state index in [9.17, 15) is 0 Å². The molecular weight excluding hydrogens is 390 g/mol. The Balaban J connectivity index is 1.61. The average Bonchev–Trinajstić information content (AvgIpc) is 2.82. The van der Waals surface area contributed by atoms with Gasteiger partial charge in [0, 0.05) is 18.6 Å². The van der Waals surface area contributed by atoms with E-state index < -0.39 is 0 Å². The predicted octanol–water partition coefficient (Wildman–Crippen LogP) is 5.17. The molecule has 1 atom stereocenters. The van der Waals surface area contributed by atoms with Gasteiger partial charge in [-0.3, -0.25) is 0 Å². The molecule has 1 aromatic heterocycles. The molecule has 1 aliphatic rings. The minimum atomic E-state index is -0.0814. The molecule has 0 saturated carbocycles. The van der Waals surface area contributed by atoms with Crippen LogP contribution in [-0.4, -0.2) is 37.5 Å². The molecule has 0 bridgehead atoms. The van der Waals surface area contributed by atoms with Crippen molar-refractivity contribution in [2.24, 2.45) is 0 Å². The second kappa shape index (κ2) is 13.7. The van der Waals surface area contributed by atoms with Crippen LogP contribution in [0.3, 0.4) is 0 Å². The quantitative estimate of drug-likeness (QED) is 0.369. The van der Waals surface area contributed by atoms with E-state index in [2.05, 4.69) is 23.7 Å². The summed E-state index contributed by atoms with van der Waals surface area (Å²) in [5.41, 5.74) is 1.77. The van der Waals surface area contributed by atoms with Crippen LogP contribution in [0.5, 0.6) is 11.6 Å². The fraction of sp³-hybridized carbons (Fsp3) is 0.500. The second-order valence-electron chi connectivity index (χ2n) is 7.65. The van der Waals surface area contributed by atoms with Gasteiger partial charge in [0.25, 0.3) is 0 Å². The van der Waals surface area contributed by atoms with Gasteiger partial charge in [-0.25, -0.2) is 4.98 Å². The van der Waals surface area contributed by atoms with Gasteiger partial charge in [-0.2, -0.15) is 0 Å². The van der Waals surface area contributed by atoms with Crippen LogP contribution in [0.1, 0.15) is 56.7 Å². The topological polar surface area (TPSA) is 49.8 Å². The summed E-state index contributed by atoms with van der Waals surface area (Å²) in [7, 11) is 0. The Morgan fingerprint density at radius 1 is 1.03 bits per heavy atom. The highest BCUT2D eigenvalue weighted by atomic mass is 16.6. The Bertz CT molecular complexity index is 822. The molecule has 2 heterocycles. The molecule has 1 aromatic carbocycles. The van der Waals surface area contributed by atoms with Crippen LogP contribution in [0, 0.1) is 11.8 Å². The number of pyridine rings is 1. The molecule has 0 amide bonds. The van der Waals surface area contributed by atoms with E-state index in [1.807, 2.05) is 42.5 Å². The second-order valence-corrected chi connectivity index (χ2v) is 7.65. The molecule has 0 N–H and O–H groups in total. The van der Waals surface area contributed by atoms with Crippen LogP contribution in [0.4, 0.5) is 0 Å². The van der Waals surface area contributed by atoms with Gasteiger partial charge < -0.3 is 18.9 Å². The molecule has 166 valence electrons. The maximum atomic E-state index is 5.99. The fourth-order valence-electron chi connectivity index (χ4n) is 3.22. The van der Waals surface area contributed by atoms with Crippen LogP contribution in [-0.2, 0) is 16.1 Å². The number of benzene rings is 1. The first-order chi connectivity index (χ1) is 15.3. The first-order valence-corrected chi connectivity index (χ1v) is 11.3. The first-order valence-electron chi connectivity index (χ1n) is 11.3. The molecule has 1 unspecified atom stereocenters. The molecule has 0 spiro atoms. The summed E-state index contributed by atoms with van der Waals surface area (Å²) in [5, 5.41) is 0. The molecule has 1 saturated heterocycles. The SMILES string of the molecule is CCCCCCCC#Cc1cc(OCc2ccccc2)cc(OCC2COCCO2)n1. The Morgan fingerprint density at radius 3 is 2.71 bits per heavy atom. The monoisotopic (exact) mass is 423 g/mol. The van der Waals surface area contributed by atoms with Crippen molar-refractivity contribution < 1.29 is 18.9 Å². The third-order valence-corrected chi connectivity index (χ3v) is 4.95. The zero-order valence-corrected chi connectivity index (χ0v) is 18.5. The lowest BCUT2D eigenvalue weighted by atomic mass is 10.1. The maximum absolute atomic E-state index is 5.99. The van der Waals surface area contributed by atoms with Crippen molar-refractivity contribution in [3.63, 3.8) is 0 Å². The Morgan fingerprint density at radius 2 is 1.90 bits per heavy atom. The smallest absolute Gasteiger partial charge is 0.218 e. The minimum Gasteiger partial charge on any atom is -0.489 e. The van der Waals surface area contributed by atoms with Crippen molar-refractivity contribution in [2.75, 3.05) is 26.4 Å². The van der Waals surface area contributed by atoms with Gasteiger partial charge in [-0.05, 0) is 17.9 Å². The maximum Gasteiger partial charge on any atom is 0.218 e. The number of ether oxygens (including phenoxy) is 4. The molecule has 0 aliphatic carbocycles. The van der Waals surface area contributed by atoms with Crippen LogP contribution >= 0.6 is 0 Å². The van der Waals surface area contributed by atoms with Crippen LogP contribution < -0.4 is 9.47 Å². The summed E-state index contributed by atoms with van der Waals surface area (Å²) >= 11 is 0. The third kappa shape index (κ3) is 9.00. The van der Waals surface area contributed by atoms with E-state index >= 15 is 0 Å². The van der Waals surface area contributed by atoms with E-state index in [4.69, 9.17) is 18.9 Å². The minimum absolute atomic E-state index is 0.0814. The number of unbranched alkanes of at least 4 members (excludes halogenated alkanes) is 5. The Kier molecular flexibility index (Phi) is 10.2. The number of aromatic nitrogens is 1. The summed E-state index contributed by atoms with van der Waals surface area (Å²) in [6, 6.07) is 13.8. The molecule has 5 nitrogen and oxygen atoms in total. The number of hydrogen-bond donors (Lipinski definition) is 0. The van der Waals surface area contributed by atoms with Crippen LogP contribution in [0.15, 0.2) is 42.5 Å². The molecule has 31 heavy (non-hydrogen) atoms. The van der Waals surface area contributed by atoms with Gasteiger partial charge in [0.2, 0.25) is 5.88 Å². The number of nitrogens with zero attached hydrogens (tertiary/aromatic N) is 1. The van der Waals surface area contributed by atoms with Crippen molar-refractivity contribution in [1.29, 1.82) is 0 Å². The van der Waals surface area contributed by atoms with Crippen molar-refractivity contribution >= 4 is 0 Å². The molecule has 2 aromatic rings. The highest BCUT2D eigenvalue weighted by Gasteiger charge is 2.15. The predicted molar refractivity (Wildman–Crippen MR) is 121 cm³/mol. The zero-order valence-electron chi connectivity index (χ0n) is 18.5. The van der Waals surface area contributed by atoms with E-state index in [-0.39, 0.29) is 6.10 Å². The Hall–Kier alpha value is -2.55. The summed E-state index contributed by atoms with van der Waals surface area (Å²) in [6.45, 7) is 4.86. The number of rotatable bonds is 11.